The van der Waals surface area contributed by atoms with Crippen LogP contribution in [-0.4, -0.2) is 62.7 Å². The van der Waals surface area contributed by atoms with Gasteiger partial charge in [0.1, 0.15) is 23.8 Å². The molecule has 0 unspecified atom stereocenters. The summed E-state index contributed by atoms with van der Waals surface area (Å²) in [4.78, 5) is 31.8. The Balaban J connectivity index is 1.16. The van der Waals surface area contributed by atoms with E-state index in [0.717, 1.165) is 35.5 Å². The van der Waals surface area contributed by atoms with Crippen LogP contribution >= 0.6 is 11.3 Å². The Morgan fingerprint density at radius 1 is 1.13 bits per heavy atom. The Kier molecular flexibility index (Phi) is 6.86. The molecule has 1 saturated carbocycles. The zero-order valence-electron chi connectivity index (χ0n) is 20.7. The summed E-state index contributed by atoms with van der Waals surface area (Å²) in [5, 5.41) is 11.6. The molecule has 4 aromatic rings. The van der Waals surface area contributed by atoms with E-state index in [4.69, 9.17) is 4.74 Å². The molecule has 196 valence electrons. The first kappa shape index (κ1) is 24.6. The van der Waals surface area contributed by atoms with Gasteiger partial charge >= 0.3 is 0 Å². The van der Waals surface area contributed by atoms with Crippen LogP contribution in [0.4, 0.5) is 4.39 Å². The molecule has 3 aromatic heterocycles. The van der Waals surface area contributed by atoms with E-state index in [1.54, 1.807) is 35.3 Å². The Hall–Kier alpha value is -3.70. The zero-order valence-corrected chi connectivity index (χ0v) is 21.5. The first-order valence-corrected chi connectivity index (χ1v) is 13.6. The van der Waals surface area contributed by atoms with Crippen LogP contribution in [0.3, 0.4) is 0 Å². The number of fused-ring (bicyclic) bond motifs is 1. The summed E-state index contributed by atoms with van der Waals surface area (Å²) in [6.07, 6.45) is 6.41. The maximum absolute atomic E-state index is 14.9. The smallest absolute Gasteiger partial charge is 0.244 e. The average Bonchev–Trinajstić information content (AvgIpc) is 3.41. The standard InChI is InChI=1S/C27H27FN6O3S/c28-20-13-18(12-19(35)11-17-1-2-17)3-4-23(20)37-24-5-6-30-21-14-25(38-27(21)24)22-15-34(32-31-22)16-26(36)33-9-7-29-8-10-33/h3-6,13-15,17,29H,1-2,7-12,16H2. The highest BCUT2D eigenvalue weighted by Crippen LogP contribution is 2.39. The van der Waals surface area contributed by atoms with Crippen molar-refractivity contribution in [3.63, 3.8) is 0 Å². The SMILES string of the molecule is O=C(Cc1ccc(Oc2ccnc3cc(-c4cn(CC(=O)N5CCNCC5)nn4)sc23)c(F)c1)CC1CC1. The van der Waals surface area contributed by atoms with Crippen molar-refractivity contribution >= 4 is 33.2 Å². The highest BCUT2D eigenvalue weighted by Gasteiger charge is 2.24. The first-order valence-electron chi connectivity index (χ1n) is 12.8. The van der Waals surface area contributed by atoms with E-state index in [9.17, 15) is 14.0 Å². The molecular weight excluding hydrogens is 507 g/mol. The van der Waals surface area contributed by atoms with E-state index in [0.29, 0.717) is 48.0 Å². The molecule has 11 heteroatoms. The Labute approximate surface area is 222 Å². The van der Waals surface area contributed by atoms with Crippen molar-refractivity contribution in [3.8, 4) is 22.1 Å². The summed E-state index contributed by atoms with van der Waals surface area (Å²) in [5.74, 6) is 0.724. The summed E-state index contributed by atoms with van der Waals surface area (Å²) in [5.41, 5.74) is 1.97. The lowest BCUT2D eigenvalue weighted by Crippen LogP contribution is -2.47. The van der Waals surface area contributed by atoms with Gasteiger partial charge in [0.25, 0.3) is 0 Å². The van der Waals surface area contributed by atoms with Gasteiger partial charge in [-0.2, -0.15) is 0 Å². The van der Waals surface area contributed by atoms with Crippen LogP contribution in [0.5, 0.6) is 11.5 Å². The second-order valence-electron chi connectivity index (χ2n) is 9.80. The number of nitrogens with one attached hydrogen (secondary N) is 1. The van der Waals surface area contributed by atoms with E-state index >= 15 is 0 Å². The summed E-state index contributed by atoms with van der Waals surface area (Å²) < 4.78 is 23.1. The highest BCUT2D eigenvalue weighted by atomic mass is 32.1. The van der Waals surface area contributed by atoms with Crippen LogP contribution in [0.1, 0.15) is 24.8 Å². The summed E-state index contributed by atoms with van der Waals surface area (Å²) in [6.45, 7) is 3.09. The molecule has 0 radical (unpaired) electrons. The maximum atomic E-state index is 14.9. The van der Waals surface area contributed by atoms with Crippen LogP contribution in [0.2, 0.25) is 0 Å². The molecular formula is C27H27FN6O3S. The van der Waals surface area contributed by atoms with Gasteiger partial charge in [0.05, 0.1) is 21.3 Å². The number of benzene rings is 1. The van der Waals surface area contributed by atoms with Crippen molar-refractivity contribution in [3.05, 3.63) is 54.1 Å². The predicted octanol–water partition coefficient (Wildman–Crippen LogP) is 3.83. The molecule has 0 bridgehead atoms. The molecule has 1 aromatic carbocycles. The number of rotatable bonds is 9. The Bertz CT molecular complexity index is 1490. The topological polar surface area (TPSA) is 102 Å². The number of amides is 1. The molecule has 2 fully saturated rings. The van der Waals surface area contributed by atoms with Crippen molar-refractivity contribution in [2.45, 2.75) is 32.2 Å². The largest absolute Gasteiger partial charge is 0.453 e. The number of ether oxygens (including phenoxy) is 1. The average molecular weight is 535 g/mol. The predicted molar refractivity (Wildman–Crippen MR) is 141 cm³/mol. The fourth-order valence-corrected chi connectivity index (χ4v) is 5.58. The Morgan fingerprint density at radius 2 is 1.97 bits per heavy atom. The summed E-state index contributed by atoms with van der Waals surface area (Å²) in [6, 6.07) is 8.25. The highest BCUT2D eigenvalue weighted by molar-refractivity contribution is 7.22. The van der Waals surface area contributed by atoms with Crippen LogP contribution in [-0.2, 0) is 22.6 Å². The van der Waals surface area contributed by atoms with E-state index in [-0.39, 0.29) is 30.4 Å². The molecule has 9 nitrogen and oxygen atoms in total. The normalized spacial score (nSPS) is 15.7. The van der Waals surface area contributed by atoms with E-state index in [2.05, 4.69) is 20.6 Å². The third-order valence-electron chi connectivity index (χ3n) is 6.76. The molecule has 2 aliphatic rings. The van der Waals surface area contributed by atoms with Gasteiger partial charge in [0.2, 0.25) is 5.91 Å². The van der Waals surface area contributed by atoms with Gasteiger partial charge < -0.3 is 15.0 Å². The molecule has 1 aliphatic heterocycles. The minimum atomic E-state index is -0.513. The number of Topliss-reactive ketones (excluding diaryl/α,β-unsaturated/α-hetero) is 1. The van der Waals surface area contributed by atoms with Gasteiger partial charge in [-0.25, -0.2) is 9.07 Å². The number of halogens is 1. The number of piperazine rings is 1. The molecule has 6 rings (SSSR count). The lowest BCUT2D eigenvalue weighted by molar-refractivity contribution is -0.132. The fourth-order valence-electron chi connectivity index (χ4n) is 4.56. The van der Waals surface area contributed by atoms with Crippen LogP contribution < -0.4 is 10.1 Å². The molecule has 1 aliphatic carbocycles. The molecule has 4 heterocycles. The third-order valence-corrected chi connectivity index (χ3v) is 7.93. The number of ketones is 1. The monoisotopic (exact) mass is 534 g/mol. The number of pyridine rings is 1. The number of hydrogen-bond acceptors (Lipinski definition) is 8. The van der Waals surface area contributed by atoms with Crippen molar-refractivity contribution in [2.75, 3.05) is 26.2 Å². The quantitative estimate of drug-likeness (QED) is 0.348. The fraction of sp³-hybridized carbons (Fsp3) is 0.370. The lowest BCUT2D eigenvalue weighted by Gasteiger charge is -2.27. The summed E-state index contributed by atoms with van der Waals surface area (Å²) in [7, 11) is 0. The first-order chi connectivity index (χ1) is 18.5. The second-order valence-corrected chi connectivity index (χ2v) is 10.8. The van der Waals surface area contributed by atoms with Gasteiger partial charge in [0.15, 0.2) is 11.6 Å². The maximum Gasteiger partial charge on any atom is 0.244 e. The number of aromatic nitrogens is 4. The number of nitrogens with zero attached hydrogens (tertiary/aromatic N) is 5. The molecule has 1 amide bonds. The van der Waals surface area contributed by atoms with E-state index in [1.165, 1.54) is 17.4 Å². The van der Waals surface area contributed by atoms with Crippen molar-refractivity contribution in [1.29, 1.82) is 0 Å². The minimum Gasteiger partial charge on any atom is -0.453 e. The van der Waals surface area contributed by atoms with Gasteiger partial charge in [-0.15, -0.1) is 16.4 Å². The minimum absolute atomic E-state index is 0.0111. The number of carbonyl (C=O) groups excluding carboxylic acids is 2. The van der Waals surface area contributed by atoms with Gasteiger partial charge in [-0.3, -0.25) is 14.6 Å². The van der Waals surface area contributed by atoms with Gasteiger partial charge in [-0.1, -0.05) is 11.3 Å². The van der Waals surface area contributed by atoms with Gasteiger partial charge in [0, 0.05) is 51.3 Å². The van der Waals surface area contributed by atoms with Crippen LogP contribution in [0, 0.1) is 11.7 Å². The van der Waals surface area contributed by atoms with Crippen LogP contribution in [0.25, 0.3) is 20.8 Å². The van der Waals surface area contributed by atoms with E-state index in [1.807, 2.05) is 11.0 Å². The molecule has 1 N–H and O–H groups in total. The second kappa shape index (κ2) is 10.6. The molecule has 0 spiro atoms. The van der Waals surface area contributed by atoms with Crippen molar-refractivity contribution in [1.82, 2.24) is 30.2 Å². The number of carbonyl (C=O) groups is 2. The van der Waals surface area contributed by atoms with Gasteiger partial charge in [-0.05, 0) is 42.5 Å². The van der Waals surface area contributed by atoms with Crippen molar-refractivity contribution in [2.24, 2.45) is 5.92 Å². The van der Waals surface area contributed by atoms with Crippen molar-refractivity contribution < 1.29 is 18.7 Å². The Morgan fingerprint density at radius 3 is 2.76 bits per heavy atom. The zero-order chi connectivity index (χ0) is 26.1. The van der Waals surface area contributed by atoms with Crippen LogP contribution in [0.15, 0.2) is 42.7 Å². The van der Waals surface area contributed by atoms with E-state index < -0.39 is 5.82 Å². The summed E-state index contributed by atoms with van der Waals surface area (Å²) >= 11 is 1.41. The number of hydrogen-bond donors (Lipinski definition) is 1. The lowest BCUT2D eigenvalue weighted by atomic mass is 10.0. The molecule has 38 heavy (non-hydrogen) atoms. The molecule has 0 atom stereocenters. The molecule has 1 saturated heterocycles. The third kappa shape index (κ3) is 5.58. The number of thiophene rings is 1.